The molecular weight excluding hydrogens is 381 g/mol. The van der Waals surface area contributed by atoms with Crippen LogP contribution in [0.3, 0.4) is 0 Å². The van der Waals surface area contributed by atoms with Crippen LogP contribution in [0.1, 0.15) is 22.9 Å². The van der Waals surface area contributed by atoms with Gasteiger partial charge in [-0.25, -0.2) is 4.68 Å². The number of aromatic nitrogens is 3. The van der Waals surface area contributed by atoms with Crippen LogP contribution in [0.15, 0.2) is 54.6 Å². The van der Waals surface area contributed by atoms with E-state index in [4.69, 9.17) is 4.74 Å². The molecule has 1 aromatic heterocycles. The first-order chi connectivity index (χ1) is 14.0. The standard InChI is InChI=1S/C21H19F3N4O/c22-21(23,24)16-8-6-15(7-9-16)20-18-13-29-19-12-27(10-14-4-2-1-3-5-14)11-17(19)28(18)26-25-20/h1-9,17,19H,10-13H2/t17-,19?/m1/s1. The molecule has 0 aliphatic carbocycles. The maximum absolute atomic E-state index is 12.8. The van der Waals surface area contributed by atoms with E-state index in [1.165, 1.54) is 17.7 Å². The summed E-state index contributed by atoms with van der Waals surface area (Å²) in [6.45, 7) is 2.80. The minimum atomic E-state index is -4.35. The number of halogens is 3. The summed E-state index contributed by atoms with van der Waals surface area (Å²) in [5.41, 5.74) is 2.58. The van der Waals surface area contributed by atoms with Gasteiger partial charge in [0.1, 0.15) is 5.69 Å². The molecule has 3 aromatic rings. The quantitative estimate of drug-likeness (QED) is 0.669. The topological polar surface area (TPSA) is 43.2 Å². The minimum Gasteiger partial charge on any atom is -0.368 e. The van der Waals surface area contributed by atoms with Crippen molar-refractivity contribution in [3.63, 3.8) is 0 Å². The Morgan fingerprint density at radius 2 is 1.76 bits per heavy atom. The summed E-state index contributed by atoms with van der Waals surface area (Å²) in [5, 5.41) is 8.59. The van der Waals surface area contributed by atoms with E-state index in [1.807, 2.05) is 22.9 Å². The number of benzene rings is 2. The molecule has 150 valence electrons. The van der Waals surface area contributed by atoms with Crippen molar-refractivity contribution in [2.45, 2.75) is 31.5 Å². The van der Waals surface area contributed by atoms with Gasteiger partial charge >= 0.3 is 6.18 Å². The number of hydrogen-bond acceptors (Lipinski definition) is 4. The molecule has 0 saturated carbocycles. The number of likely N-dealkylation sites (tertiary alicyclic amines) is 1. The fraction of sp³-hybridized carbons (Fsp3) is 0.333. The zero-order valence-corrected chi connectivity index (χ0v) is 15.5. The van der Waals surface area contributed by atoms with E-state index in [2.05, 4.69) is 27.3 Å². The molecule has 3 heterocycles. The summed E-state index contributed by atoms with van der Waals surface area (Å²) in [6.07, 6.45) is -4.32. The molecule has 0 bridgehead atoms. The summed E-state index contributed by atoms with van der Waals surface area (Å²) in [5.74, 6) is 0. The Bertz CT molecular complexity index is 1000. The lowest BCUT2D eigenvalue weighted by atomic mass is 10.1. The summed E-state index contributed by atoms with van der Waals surface area (Å²) < 4.78 is 46.4. The molecule has 0 N–H and O–H groups in total. The van der Waals surface area contributed by atoms with Crippen molar-refractivity contribution < 1.29 is 17.9 Å². The van der Waals surface area contributed by atoms with Crippen LogP contribution in [0.4, 0.5) is 13.2 Å². The molecule has 2 aromatic carbocycles. The zero-order valence-electron chi connectivity index (χ0n) is 15.5. The van der Waals surface area contributed by atoms with Crippen molar-refractivity contribution in [3.05, 3.63) is 71.4 Å². The Hall–Kier alpha value is -2.71. The summed E-state index contributed by atoms with van der Waals surface area (Å²) in [7, 11) is 0. The molecule has 8 heteroatoms. The Morgan fingerprint density at radius 1 is 1.00 bits per heavy atom. The van der Waals surface area contributed by atoms with Gasteiger partial charge in [0.05, 0.1) is 30.0 Å². The van der Waals surface area contributed by atoms with Gasteiger partial charge in [0, 0.05) is 25.2 Å². The van der Waals surface area contributed by atoms with Crippen molar-refractivity contribution in [1.82, 2.24) is 19.9 Å². The van der Waals surface area contributed by atoms with Crippen molar-refractivity contribution in [2.75, 3.05) is 13.1 Å². The minimum absolute atomic E-state index is 0.0355. The lowest BCUT2D eigenvalue weighted by Crippen LogP contribution is -2.32. The fourth-order valence-corrected chi connectivity index (χ4v) is 4.14. The number of ether oxygens (including phenoxy) is 1. The lowest BCUT2D eigenvalue weighted by Gasteiger charge is -2.26. The van der Waals surface area contributed by atoms with E-state index >= 15 is 0 Å². The second-order valence-electron chi connectivity index (χ2n) is 7.50. The van der Waals surface area contributed by atoms with Crippen molar-refractivity contribution in [3.8, 4) is 11.3 Å². The van der Waals surface area contributed by atoms with Crippen molar-refractivity contribution >= 4 is 0 Å². The smallest absolute Gasteiger partial charge is 0.368 e. The van der Waals surface area contributed by atoms with E-state index in [0.29, 0.717) is 17.9 Å². The molecule has 0 amide bonds. The third-order valence-electron chi connectivity index (χ3n) is 5.59. The summed E-state index contributed by atoms with van der Waals surface area (Å²) in [4.78, 5) is 2.33. The molecular formula is C21H19F3N4O. The number of fused-ring (bicyclic) bond motifs is 3. The monoisotopic (exact) mass is 400 g/mol. The highest BCUT2D eigenvalue weighted by Crippen LogP contribution is 2.36. The second-order valence-corrected chi connectivity index (χ2v) is 7.50. The highest BCUT2D eigenvalue weighted by Gasteiger charge is 2.40. The first kappa shape index (κ1) is 18.3. The average Bonchev–Trinajstić information content (AvgIpc) is 3.31. The van der Waals surface area contributed by atoms with Gasteiger partial charge in [-0.1, -0.05) is 47.7 Å². The Morgan fingerprint density at radius 3 is 2.48 bits per heavy atom. The van der Waals surface area contributed by atoms with E-state index in [9.17, 15) is 13.2 Å². The fourth-order valence-electron chi connectivity index (χ4n) is 4.14. The van der Waals surface area contributed by atoms with Crippen LogP contribution in [0.5, 0.6) is 0 Å². The average molecular weight is 400 g/mol. The molecule has 1 fully saturated rings. The Kier molecular flexibility index (Phi) is 4.40. The largest absolute Gasteiger partial charge is 0.416 e. The van der Waals surface area contributed by atoms with Crippen molar-refractivity contribution in [2.24, 2.45) is 0 Å². The predicted octanol–water partition coefficient (Wildman–Crippen LogP) is 3.92. The number of nitrogens with zero attached hydrogens (tertiary/aromatic N) is 4. The molecule has 29 heavy (non-hydrogen) atoms. The third-order valence-corrected chi connectivity index (χ3v) is 5.59. The van der Waals surface area contributed by atoms with Crippen LogP contribution in [0.2, 0.25) is 0 Å². The van der Waals surface area contributed by atoms with E-state index in [-0.39, 0.29) is 12.1 Å². The molecule has 2 atom stereocenters. The molecule has 1 saturated heterocycles. The first-order valence-corrected chi connectivity index (χ1v) is 9.48. The number of alkyl halides is 3. The lowest BCUT2D eigenvalue weighted by molar-refractivity contribution is -0.137. The van der Waals surface area contributed by atoms with E-state index < -0.39 is 11.7 Å². The second kappa shape index (κ2) is 6.96. The van der Waals surface area contributed by atoms with Gasteiger partial charge in [-0.05, 0) is 17.7 Å². The molecule has 5 nitrogen and oxygen atoms in total. The number of rotatable bonds is 3. The van der Waals surface area contributed by atoms with Crippen LogP contribution >= 0.6 is 0 Å². The third kappa shape index (κ3) is 3.42. The summed E-state index contributed by atoms with van der Waals surface area (Å²) in [6, 6.07) is 15.3. The predicted molar refractivity (Wildman–Crippen MR) is 99.8 cm³/mol. The summed E-state index contributed by atoms with van der Waals surface area (Å²) >= 11 is 0. The van der Waals surface area contributed by atoms with Gasteiger partial charge in [-0.15, -0.1) is 5.10 Å². The van der Waals surface area contributed by atoms with Gasteiger partial charge in [-0.3, -0.25) is 4.90 Å². The van der Waals surface area contributed by atoms with Crippen molar-refractivity contribution in [1.29, 1.82) is 0 Å². The SMILES string of the molecule is FC(F)(F)c1ccc(-c2nnn3c2COC2CN(Cc4ccccc4)C[C@H]23)cc1. The van der Waals surface area contributed by atoms with Crippen LogP contribution in [0, 0.1) is 0 Å². The Balaban J connectivity index is 1.37. The van der Waals surface area contributed by atoms with E-state index in [0.717, 1.165) is 37.5 Å². The molecule has 0 radical (unpaired) electrons. The highest BCUT2D eigenvalue weighted by atomic mass is 19.4. The molecule has 1 unspecified atom stereocenters. The molecule has 5 rings (SSSR count). The van der Waals surface area contributed by atoms with Crippen LogP contribution in [-0.2, 0) is 24.1 Å². The molecule has 0 spiro atoms. The zero-order chi connectivity index (χ0) is 20.0. The van der Waals surface area contributed by atoms with Gasteiger partial charge in [-0.2, -0.15) is 13.2 Å². The van der Waals surface area contributed by atoms with Crippen LogP contribution in [0.25, 0.3) is 11.3 Å². The maximum Gasteiger partial charge on any atom is 0.416 e. The normalized spacial score (nSPS) is 21.8. The number of hydrogen-bond donors (Lipinski definition) is 0. The van der Waals surface area contributed by atoms with Crippen LogP contribution < -0.4 is 0 Å². The molecule has 2 aliphatic heterocycles. The Labute approximate surface area is 165 Å². The van der Waals surface area contributed by atoms with Gasteiger partial charge in [0.2, 0.25) is 0 Å². The van der Waals surface area contributed by atoms with Gasteiger partial charge in [0.15, 0.2) is 0 Å². The van der Waals surface area contributed by atoms with Gasteiger partial charge in [0.25, 0.3) is 0 Å². The maximum atomic E-state index is 12.8. The first-order valence-electron chi connectivity index (χ1n) is 9.48. The highest BCUT2D eigenvalue weighted by molar-refractivity contribution is 5.62. The van der Waals surface area contributed by atoms with Crippen LogP contribution in [-0.4, -0.2) is 39.1 Å². The van der Waals surface area contributed by atoms with Gasteiger partial charge < -0.3 is 4.74 Å². The van der Waals surface area contributed by atoms with E-state index in [1.54, 1.807) is 0 Å². The molecule has 2 aliphatic rings.